The lowest BCUT2D eigenvalue weighted by Gasteiger charge is -2.34. The fraction of sp³-hybridized carbons (Fsp3) is 0.895. The summed E-state index contributed by atoms with van der Waals surface area (Å²) in [5, 5.41) is 16.7. The molecular formula is C57H106N6O29P3-3. The van der Waals surface area contributed by atoms with Gasteiger partial charge in [0.05, 0.1) is 143 Å². The van der Waals surface area contributed by atoms with Gasteiger partial charge in [0.15, 0.2) is 0 Å². The van der Waals surface area contributed by atoms with Crippen molar-refractivity contribution in [2.75, 3.05) is 180 Å². The minimum atomic E-state index is -5.06. The van der Waals surface area contributed by atoms with Crippen LogP contribution in [0.3, 0.4) is 0 Å². The SMILES string of the molecule is CCCOCCNC(=O)CCOCC(COCCC(=O)NCCOCCOC)(COCCC(=O)NCCOCCOC)NC(=O)CCOCCNC(=O)CCCC(=O)NCCCCCCOP(=O)([O-])OC[C@H]1O[C@@H](C)CC1OP(=O)([O-])OC[C@H]1O[C@@H](C)CC1OP(=O)([O-])OC. The van der Waals surface area contributed by atoms with Crippen LogP contribution in [0.15, 0.2) is 0 Å². The van der Waals surface area contributed by atoms with E-state index in [0.717, 1.165) is 13.5 Å². The lowest BCUT2D eigenvalue weighted by Crippen LogP contribution is -2.59. The number of carbonyl (C=O) groups is 6. The number of phosphoric acid groups is 3. The van der Waals surface area contributed by atoms with Gasteiger partial charge in [-0.15, -0.1) is 0 Å². The van der Waals surface area contributed by atoms with Crippen LogP contribution in [-0.2, 0) is 122 Å². The Morgan fingerprint density at radius 1 is 0.421 bits per heavy atom. The number of hydrogen-bond acceptors (Lipinski definition) is 29. The van der Waals surface area contributed by atoms with Gasteiger partial charge in [-0.1, -0.05) is 19.8 Å². The minimum Gasteiger partial charge on any atom is -0.756 e. The standard InChI is InChI=1S/C57H109N6O29P3/c1-7-24-79-30-20-60-53(66)15-27-83-42-57(43-84-28-16-54(67)61-22-32-81-36-34-76-4,44-85-29-17-55(68)62-23-33-82-37-35-77-5)63-56(69)18-26-80-31-21-59-52(65)14-12-13-51(64)58-19-10-8-9-11-25-86-94(72,73)87-40-49-48(39-46(3)89-49)92-95(74,75)88-41-50-47(38-45(2)90-50)91-93(70,71)78-6/h45-50H,7-44H2,1-6H3,(H,58,64)(H,59,65)(H,60,66)(H,61,67)(H,62,68)(H,63,69)(H,70,71)(H,72,73)(H,74,75)/p-3/t45-,46-,47?,48?,49+,50+/m0/s1. The Balaban J connectivity index is 1.75. The van der Waals surface area contributed by atoms with Gasteiger partial charge in [-0.25, -0.2) is 0 Å². The fourth-order valence-electron chi connectivity index (χ4n) is 8.91. The highest BCUT2D eigenvalue weighted by Gasteiger charge is 2.40. The highest BCUT2D eigenvalue weighted by atomic mass is 31.2. The van der Waals surface area contributed by atoms with Gasteiger partial charge in [0, 0.05) is 112 Å². The van der Waals surface area contributed by atoms with Crippen LogP contribution in [0.4, 0.5) is 0 Å². The molecule has 2 fully saturated rings. The summed E-state index contributed by atoms with van der Waals surface area (Å²) >= 11 is 0. The number of rotatable bonds is 62. The molecule has 6 N–H and O–H groups in total. The van der Waals surface area contributed by atoms with E-state index in [1.807, 2.05) is 6.92 Å². The molecule has 2 rings (SSSR count). The summed E-state index contributed by atoms with van der Waals surface area (Å²) in [6.07, 6.45) is -2.04. The van der Waals surface area contributed by atoms with E-state index in [4.69, 9.17) is 74.7 Å². The summed E-state index contributed by atoms with van der Waals surface area (Å²) < 4.78 is 127. The lowest BCUT2D eigenvalue weighted by atomic mass is 10.0. The van der Waals surface area contributed by atoms with Crippen molar-refractivity contribution in [3.8, 4) is 0 Å². The van der Waals surface area contributed by atoms with Crippen molar-refractivity contribution in [2.24, 2.45) is 0 Å². The highest BCUT2D eigenvalue weighted by molar-refractivity contribution is 7.46. The molecule has 2 aliphatic heterocycles. The Morgan fingerprint density at radius 3 is 1.26 bits per heavy atom. The average molecular weight is 1430 g/mol. The van der Waals surface area contributed by atoms with Crippen LogP contribution in [0.25, 0.3) is 0 Å². The largest absolute Gasteiger partial charge is 0.756 e. The van der Waals surface area contributed by atoms with Crippen molar-refractivity contribution in [3.63, 3.8) is 0 Å². The molecule has 0 spiro atoms. The zero-order chi connectivity index (χ0) is 70.1. The summed E-state index contributed by atoms with van der Waals surface area (Å²) in [7, 11) is -10.5. The van der Waals surface area contributed by atoms with Crippen LogP contribution >= 0.6 is 23.5 Å². The lowest BCUT2D eigenvalue weighted by molar-refractivity contribution is -0.236. The molecule has 0 aromatic rings. The number of carbonyl (C=O) groups excluding carboxylic acids is 6. The third-order valence-corrected chi connectivity index (χ3v) is 16.6. The maximum absolute atomic E-state index is 13.6. The highest BCUT2D eigenvalue weighted by Crippen LogP contribution is 2.47. The third-order valence-electron chi connectivity index (χ3n) is 13.7. The monoisotopic (exact) mass is 1430 g/mol. The second-order valence-electron chi connectivity index (χ2n) is 22.1. The predicted molar refractivity (Wildman–Crippen MR) is 332 cm³/mol. The molecule has 6 amide bonds. The van der Waals surface area contributed by atoms with E-state index in [1.165, 1.54) is 0 Å². The van der Waals surface area contributed by atoms with Gasteiger partial charge < -0.3 is 126 Å². The molecule has 9 atom stereocenters. The van der Waals surface area contributed by atoms with Crippen LogP contribution in [0.1, 0.15) is 111 Å². The Hall–Kier alpha value is -3.29. The van der Waals surface area contributed by atoms with Crippen molar-refractivity contribution in [3.05, 3.63) is 0 Å². The maximum atomic E-state index is 13.6. The van der Waals surface area contributed by atoms with Crippen LogP contribution in [-0.4, -0.2) is 257 Å². The molecule has 0 aromatic carbocycles. The number of methoxy groups -OCH3 is 2. The molecule has 2 saturated heterocycles. The number of unbranched alkanes of at least 4 members (excludes halogenated alkanes) is 3. The van der Waals surface area contributed by atoms with E-state index >= 15 is 0 Å². The Labute approximate surface area is 557 Å². The molecule has 0 saturated carbocycles. The zero-order valence-electron chi connectivity index (χ0n) is 56.0. The summed E-state index contributed by atoms with van der Waals surface area (Å²) in [5.41, 5.74) is -1.36. The zero-order valence-corrected chi connectivity index (χ0v) is 58.7. The first kappa shape index (κ1) is 87.8. The van der Waals surface area contributed by atoms with E-state index in [-0.39, 0.29) is 180 Å². The first-order chi connectivity index (χ1) is 45.4. The fourth-order valence-corrected chi connectivity index (χ4v) is 11.2. The summed E-state index contributed by atoms with van der Waals surface area (Å²) in [4.78, 5) is 113. The van der Waals surface area contributed by atoms with Gasteiger partial charge in [-0.3, -0.25) is 42.5 Å². The van der Waals surface area contributed by atoms with Gasteiger partial charge in [-0.2, -0.15) is 0 Å². The molecule has 0 bridgehead atoms. The van der Waals surface area contributed by atoms with E-state index in [2.05, 4.69) is 36.4 Å². The second-order valence-corrected chi connectivity index (χ2v) is 26.4. The number of nitrogens with one attached hydrogen (secondary N) is 6. The normalized spacial score (nSPS) is 19.9. The minimum absolute atomic E-state index is 0.00163. The number of phosphoric ester groups is 3. The third kappa shape index (κ3) is 45.9. The molecule has 35 nitrogen and oxygen atoms in total. The smallest absolute Gasteiger partial charge is 0.268 e. The molecule has 95 heavy (non-hydrogen) atoms. The van der Waals surface area contributed by atoms with Crippen molar-refractivity contribution < 1.29 is 136 Å². The second kappa shape index (κ2) is 52.7. The first-order valence-electron chi connectivity index (χ1n) is 32.2. The van der Waals surface area contributed by atoms with E-state index < -0.39 is 84.8 Å². The van der Waals surface area contributed by atoms with Gasteiger partial charge in [-0.05, 0) is 39.5 Å². The number of ether oxygens (including phenoxy) is 11. The molecule has 5 unspecified atom stereocenters. The topological polar surface area (TPSA) is 452 Å². The molecule has 0 radical (unpaired) electrons. The van der Waals surface area contributed by atoms with Gasteiger partial charge in [0.25, 0.3) is 23.5 Å². The van der Waals surface area contributed by atoms with E-state index in [9.17, 15) is 57.1 Å². The van der Waals surface area contributed by atoms with Crippen LogP contribution in [0.5, 0.6) is 0 Å². The molecule has 0 aromatic heterocycles. The molecule has 2 aliphatic rings. The van der Waals surface area contributed by atoms with Crippen molar-refractivity contribution in [1.29, 1.82) is 0 Å². The predicted octanol–water partition coefficient (Wildman–Crippen LogP) is -0.241. The summed E-state index contributed by atoms with van der Waals surface area (Å²) in [6.45, 7) is 7.62. The number of hydrogen-bond donors (Lipinski definition) is 6. The summed E-state index contributed by atoms with van der Waals surface area (Å²) in [6, 6.07) is 0. The number of amides is 6. The average Bonchev–Trinajstić information content (AvgIpc) is 1.79. The molecule has 2 heterocycles. The van der Waals surface area contributed by atoms with Crippen molar-refractivity contribution in [2.45, 2.75) is 153 Å². The Morgan fingerprint density at radius 2 is 0.811 bits per heavy atom. The van der Waals surface area contributed by atoms with Gasteiger partial charge in [0.2, 0.25) is 35.4 Å². The van der Waals surface area contributed by atoms with Gasteiger partial charge in [0.1, 0.15) is 17.7 Å². The molecular weight excluding hydrogens is 1330 g/mol. The Bertz CT molecular complexity index is 2240. The molecule has 556 valence electrons. The van der Waals surface area contributed by atoms with Crippen LogP contribution in [0.2, 0.25) is 0 Å². The molecule has 38 heteroatoms. The maximum Gasteiger partial charge on any atom is 0.268 e. The van der Waals surface area contributed by atoms with Crippen LogP contribution < -0.4 is 46.6 Å². The Kier molecular flexibility index (Phi) is 48.7. The molecule has 0 aliphatic carbocycles. The first-order valence-corrected chi connectivity index (χ1v) is 36.6. The van der Waals surface area contributed by atoms with Gasteiger partial charge >= 0.3 is 0 Å². The van der Waals surface area contributed by atoms with Crippen LogP contribution in [0, 0.1) is 0 Å². The summed E-state index contributed by atoms with van der Waals surface area (Å²) in [5.74, 6) is -1.89. The van der Waals surface area contributed by atoms with Crippen molar-refractivity contribution in [1.82, 2.24) is 31.9 Å². The van der Waals surface area contributed by atoms with Crippen molar-refractivity contribution >= 4 is 58.9 Å². The quantitative estimate of drug-likeness (QED) is 0.0338. The van der Waals surface area contributed by atoms with E-state index in [1.54, 1.807) is 28.1 Å². The van der Waals surface area contributed by atoms with E-state index in [0.29, 0.717) is 78.4 Å².